The molecule has 2 unspecified atom stereocenters. The van der Waals surface area contributed by atoms with Gasteiger partial charge in [0.1, 0.15) is 5.82 Å². The van der Waals surface area contributed by atoms with Crippen LogP contribution in [0.4, 0.5) is 4.39 Å². The van der Waals surface area contributed by atoms with Crippen molar-refractivity contribution in [3.63, 3.8) is 0 Å². The van der Waals surface area contributed by atoms with Crippen LogP contribution in [-0.4, -0.2) is 56.6 Å². The molecule has 1 aromatic rings. The van der Waals surface area contributed by atoms with Crippen molar-refractivity contribution in [1.29, 1.82) is 0 Å². The van der Waals surface area contributed by atoms with Crippen LogP contribution in [0.15, 0.2) is 12.1 Å². The van der Waals surface area contributed by atoms with Crippen LogP contribution >= 0.6 is 0 Å². The van der Waals surface area contributed by atoms with Gasteiger partial charge in [-0.05, 0) is 71.7 Å². The number of hydrogen-bond acceptors (Lipinski definition) is 3. The Morgan fingerprint density at radius 1 is 1.24 bits per heavy atom. The average Bonchev–Trinajstić information content (AvgIpc) is 2.55. The predicted molar refractivity (Wildman–Crippen MR) is 86.2 cm³/mol. The molecule has 1 aliphatic rings. The van der Waals surface area contributed by atoms with Crippen LogP contribution in [0.1, 0.15) is 29.2 Å². The highest BCUT2D eigenvalue weighted by Crippen LogP contribution is 2.28. The number of aryl methyl sites for hydroxylation is 2. The molecule has 3 nitrogen and oxygen atoms in total. The molecular formula is C17H28FN3. The number of benzene rings is 1. The summed E-state index contributed by atoms with van der Waals surface area (Å²) >= 11 is 0. The van der Waals surface area contributed by atoms with Gasteiger partial charge in [-0.25, -0.2) is 4.39 Å². The summed E-state index contributed by atoms with van der Waals surface area (Å²) in [4.78, 5) is 4.71. The molecule has 1 heterocycles. The van der Waals surface area contributed by atoms with Gasteiger partial charge in [0.05, 0.1) is 6.04 Å². The highest BCUT2D eigenvalue weighted by atomic mass is 19.1. The summed E-state index contributed by atoms with van der Waals surface area (Å²) in [6, 6.07) is 4.01. The van der Waals surface area contributed by atoms with E-state index < -0.39 is 0 Å². The maximum atomic E-state index is 14.6. The number of rotatable bonds is 3. The summed E-state index contributed by atoms with van der Waals surface area (Å²) in [7, 11) is 6.23. The summed E-state index contributed by atoms with van der Waals surface area (Å²) in [5.41, 5.74) is 2.83. The van der Waals surface area contributed by atoms with E-state index in [1.165, 1.54) is 0 Å². The van der Waals surface area contributed by atoms with Crippen LogP contribution in [0, 0.1) is 19.7 Å². The zero-order valence-electron chi connectivity index (χ0n) is 13.9. The smallest absolute Gasteiger partial charge is 0.128 e. The van der Waals surface area contributed by atoms with Crippen LogP contribution in [-0.2, 0) is 0 Å². The lowest BCUT2D eigenvalue weighted by atomic mass is 9.92. The molecule has 0 amide bonds. The SMILES string of the molecule is CNC(c1c(C)cc(C)cc1F)C1CN(C)CCCN1C. The topological polar surface area (TPSA) is 18.5 Å². The third-order valence-corrected chi connectivity index (χ3v) is 4.60. The summed E-state index contributed by atoms with van der Waals surface area (Å²) in [5.74, 6) is -0.0906. The molecule has 0 spiro atoms. The molecule has 0 aromatic heterocycles. The highest BCUT2D eigenvalue weighted by Gasteiger charge is 2.31. The Morgan fingerprint density at radius 2 is 1.95 bits per heavy atom. The Bertz CT molecular complexity index is 466. The standard InChI is InChI=1S/C17H28FN3/c1-12-9-13(2)16(14(18)10-12)17(19-3)15-11-20(4)7-6-8-21(15)5/h9-10,15,17,19H,6-8,11H2,1-5H3. The molecule has 0 saturated carbocycles. The van der Waals surface area contributed by atoms with Gasteiger partial charge >= 0.3 is 0 Å². The molecule has 0 bridgehead atoms. The lowest BCUT2D eigenvalue weighted by Gasteiger charge is -2.35. The largest absolute Gasteiger partial charge is 0.312 e. The minimum atomic E-state index is -0.0906. The van der Waals surface area contributed by atoms with E-state index in [1.54, 1.807) is 6.07 Å². The third-order valence-electron chi connectivity index (χ3n) is 4.60. The number of nitrogens with one attached hydrogen (secondary N) is 1. The monoisotopic (exact) mass is 293 g/mol. The van der Waals surface area contributed by atoms with E-state index in [0.717, 1.165) is 42.7 Å². The van der Waals surface area contributed by atoms with E-state index >= 15 is 0 Å². The van der Waals surface area contributed by atoms with Gasteiger partial charge in [0, 0.05) is 18.2 Å². The Morgan fingerprint density at radius 3 is 2.57 bits per heavy atom. The first-order valence-corrected chi connectivity index (χ1v) is 7.76. The molecule has 1 saturated heterocycles. The fourth-order valence-electron chi connectivity index (χ4n) is 3.52. The summed E-state index contributed by atoms with van der Waals surface area (Å²) in [5, 5.41) is 3.36. The van der Waals surface area contributed by atoms with Gasteiger partial charge in [-0.3, -0.25) is 0 Å². The average molecular weight is 293 g/mol. The second-order valence-corrected chi connectivity index (χ2v) is 6.41. The first-order chi connectivity index (χ1) is 9.93. The van der Waals surface area contributed by atoms with Crippen LogP contribution in [0.3, 0.4) is 0 Å². The molecule has 0 aliphatic carbocycles. The van der Waals surface area contributed by atoms with Gasteiger partial charge in [0.2, 0.25) is 0 Å². The second-order valence-electron chi connectivity index (χ2n) is 6.41. The van der Waals surface area contributed by atoms with Crippen molar-refractivity contribution in [3.8, 4) is 0 Å². The van der Waals surface area contributed by atoms with Crippen molar-refractivity contribution in [1.82, 2.24) is 15.1 Å². The van der Waals surface area contributed by atoms with Crippen LogP contribution < -0.4 is 5.32 Å². The number of hydrogen-bond donors (Lipinski definition) is 1. The van der Waals surface area contributed by atoms with Crippen molar-refractivity contribution >= 4 is 0 Å². The van der Waals surface area contributed by atoms with Crippen molar-refractivity contribution in [2.24, 2.45) is 0 Å². The molecule has 1 N–H and O–H groups in total. The van der Waals surface area contributed by atoms with Crippen molar-refractivity contribution in [2.75, 3.05) is 40.8 Å². The van der Waals surface area contributed by atoms with E-state index in [2.05, 4.69) is 35.3 Å². The number of halogens is 1. The van der Waals surface area contributed by atoms with Gasteiger partial charge in [-0.2, -0.15) is 0 Å². The lowest BCUT2D eigenvalue weighted by molar-refractivity contribution is 0.180. The summed E-state index contributed by atoms with van der Waals surface area (Å²) in [6.07, 6.45) is 1.16. The number of nitrogens with zero attached hydrogens (tertiary/aromatic N) is 2. The summed E-state index contributed by atoms with van der Waals surface area (Å²) < 4.78 is 14.6. The van der Waals surface area contributed by atoms with Gasteiger partial charge in [0.15, 0.2) is 0 Å². The Balaban J connectivity index is 2.38. The fraction of sp³-hybridized carbons (Fsp3) is 0.647. The maximum Gasteiger partial charge on any atom is 0.128 e. The first kappa shape index (κ1) is 16.4. The van der Waals surface area contributed by atoms with Crippen molar-refractivity contribution in [3.05, 3.63) is 34.6 Å². The predicted octanol–water partition coefficient (Wildman–Crippen LogP) is 2.34. The molecule has 1 aliphatic heterocycles. The molecule has 2 rings (SSSR count). The molecule has 2 atom stereocenters. The minimum Gasteiger partial charge on any atom is -0.312 e. The van der Waals surface area contributed by atoms with E-state index in [1.807, 2.05) is 20.9 Å². The van der Waals surface area contributed by atoms with Gasteiger partial charge < -0.3 is 15.1 Å². The van der Waals surface area contributed by atoms with E-state index in [-0.39, 0.29) is 17.9 Å². The zero-order valence-corrected chi connectivity index (χ0v) is 13.9. The maximum absolute atomic E-state index is 14.6. The third kappa shape index (κ3) is 3.62. The van der Waals surface area contributed by atoms with E-state index in [4.69, 9.17) is 0 Å². The van der Waals surface area contributed by atoms with Gasteiger partial charge in [0.25, 0.3) is 0 Å². The van der Waals surface area contributed by atoms with Crippen LogP contribution in [0.2, 0.25) is 0 Å². The van der Waals surface area contributed by atoms with Crippen LogP contribution in [0.5, 0.6) is 0 Å². The lowest BCUT2D eigenvalue weighted by Crippen LogP contribution is -2.46. The second kappa shape index (κ2) is 6.86. The quantitative estimate of drug-likeness (QED) is 0.923. The normalized spacial score (nSPS) is 23.0. The Kier molecular flexibility index (Phi) is 5.36. The van der Waals surface area contributed by atoms with Gasteiger partial charge in [-0.1, -0.05) is 6.07 Å². The Labute approximate surface area is 128 Å². The van der Waals surface area contributed by atoms with Crippen molar-refractivity contribution in [2.45, 2.75) is 32.4 Å². The van der Waals surface area contributed by atoms with E-state index in [0.29, 0.717) is 0 Å². The fourth-order valence-corrected chi connectivity index (χ4v) is 3.52. The molecule has 21 heavy (non-hydrogen) atoms. The molecule has 4 heteroatoms. The summed E-state index contributed by atoms with van der Waals surface area (Å²) in [6.45, 7) is 7.07. The minimum absolute atomic E-state index is 0.0103. The molecule has 1 aromatic carbocycles. The van der Waals surface area contributed by atoms with Gasteiger partial charge in [-0.15, -0.1) is 0 Å². The molecule has 1 fully saturated rings. The van der Waals surface area contributed by atoms with Crippen molar-refractivity contribution < 1.29 is 4.39 Å². The first-order valence-electron chi connectivity index (χ1n) is 7.76. The number of likely N-dealkylation sites (N-methyl/N-ethyl adjacent to an activating group) is 3. The molecule has 118 valence electrons. The molecular weight excluding hydrogens is 265 g/mol. The molecule has 0 radical (unpaired) electrons. The Hall–Kier alpha value is -0.970. The van der Waals surface area contributed by atoms with E-state index in [9.17, 15) is 4.39 Å². The van der Waals surface area contributed by atoms with Crippen LogP contribution in [0.25, 0.3) is 0 Å². The highest BCUT2D eigenvalue weighted by molar-refractivity contribution is 5.35. The zero-order chi connectivity index (χ0) is 15.6.